The van der Waals surface area contributed by atoms with E-state index in [4.69, 9.17) is 0 Å². The molecule has 3 rings (SSSR count). The molecule has 0 bridgehead atoms. The van der Waals surface area contributed by atoms with Crippen LogP contribution in [0, 0.1) is 5.82 Å². The highest BCUT2D eigenvalue weighted by Gasteiger charge is 2.22. The van der Waals surface area contributed by atoms with Crippen molar-refractivity contribution in [2.75, 3.05) is 44.7 Å². The molecule has 2 aromatic rings. The molecule has 0 radical (unpaired) electrons. The third-order valence-electron chi connectivity index (χ3n) is 4.41. The standard InChI is InChI=1S/C19H23FN4O/c1-22(14-16-6-2-3-7-17(16)20)15-19(25)24-12-10-23(11-13-24)18-8-4-5-9-21-18/h2-9H,10-15H2,1H3. The molecule has 0 atom stereocenters. The van der Waals surface area contributed by atoms with Crippen molar-refractivity contribution >= 4 is 11.7 Å². The number of nitrogens with zero attached hydrogens (tertiary/aromatic N) is 4. The molecule has 0 unspecified atom stereocenters. The Bertz CT molecular complexity index is 702. The summed E-state index contributed by atoms with van der Waals surface area (Å²) < 4.78 is 13.7. The first-order valence-electron chi connectivity index (χ1n) is 8.49. The molecule has 1 amide bonds. The number of hydrogen-bond donors (Lipinski definition) is 0. The van der Waals surface area contributed by atoms with E-state index in [-0.39, 0.29) is 18.3 Å². The number of likely N-dealkylation sites (N-methyl/N-ethyl adjacent to an activating group) is 1. The van der Waals surface area contributed by atoms with E-state index in [1.54, 1.807) is 18.3 Å². The van der Waals surface area contributed by atoms with Crippen LogP contribution in [0.4, 0.5) is 10.2 Å². The molecular formula is C19H23FN4O. The zero-order valence-corrected chi connectivity index (χ0v) is 14.4. The molecule has 1 aromatic carbocycles. The number of rotatable bonds is 5. The molecule has 1 aliphatic heterocycles. The Morgan fingerprint density at radius 1 is 1.12 bits per heavy atom. The summed E-state index contributed by atoms with van der Waals surface area (Å²) in [6.07, 6.45) is 1.78. The van der Waals surface area contributed by atoms with Gasteiger partial charge in [-0.3, -0.25) is 9.69 Å². The molecule has 0 spiro atoms. The summed E-state index contributed by atoms with van der Waals surface area (Å²) in [7, 11) is 1.84. The lowest BCUT2D eigenvalue weighted by atomic mass is 10.2. The molecule has 0 N–H and O–H groups in total. The third kappa shape index (κ3) is 4.54. The van der Waals surface area contributed by atoms with E-state index in [1.165, 1.54) is 6.07 Å². The van der Waals surface area contributed by atoms with E-state index in [0.29, 0.717) is 25.2 Å². The van der Waals surface area contributed by atoms with E-state index in [0.717, 1.165) is 18.9 Å². The van der Waals surface area contributed by atoms with E-state index in [9.17, 15) is 9.18 Å². The van der Waals surface area contributed by atoms with E-state index in [2.05, 4.69) is 9.88 Å². The van der Waals surface area contributed by atoms with Crippen molar-refractivity contribution < 1.29 is 9.18 Å². The molecule has 132 valence electrons. The highest BCUT2D eigenvalue weighted by molar-refractivity contribution is 5.78. The smallest absolute Gasteiger partial charge is 0.236 e. The second-order valence-corrected chi connectivity index (χ2v) is 6.32. The van der Waals surface area contributed by atoms with Crippen molar-refractivity contribution in [2.24, 2.45) is 0 Å². The van der Waals surface area contributed by atoms with Gasteiger partial charge in [0.15, 0.2) is 0 Å². The van der Waals surface area contributed by atoms with Crippen LogP contribution in [0.25, 0.3) is 0 Å². The van der Waals surface area contributed by atoms with Crippen LogP contribution in [0.1, 0.15) is 5.56 Å². The zero-order valence-electron chi connectivity index (χ0n) is 14.4. The second kappa shape index (κ2) is 8.07. The number of anilines is 1. The average Bonchev–Trinajstić information content (AvgIpc) is 2.64. The summed E-state index contributed by atoms with van der Waals surface area (Å²) in [5, 5.41) is 0. The number of carbonyl (C=O) groups is 1. The first-order chi connectivity index (χ1) is 12.1. The maximum atomic E-state index is 13.7. The number of aromatic nitrogens is 1. The SMILES string of the molecule is CN(CC(=O)N1CCN(c2ccccn2)CC1)Cc1ccccc1F. The van der Waals surface area contributed by atoms with Gasteiger partial charge in [-0.15, -0.1) is 0 Å². The minimum Gasteiger partial charge on any atom is -0.353 e. The van der Waals surface area contributed by atoms with Gasteiger partial charge in [-0.05, 0) is 25.2 Å². The molecule has 0 aliphatic carbocycles. The summed E-state index contributed by atoms with van der Waals surface area (Å²) >= 11 is 0. The van der Waals surface area contributed by atoms with Crippen LogP contribution in [0.3, 0.4) is 0 Å². The molecule has 1 fully saturated rings. The second-order valence-electron chi connectivity index (χ2n) is 6.32. The van der Waals surface area contributed by atoms with Gasteiger partial charge in [-0.25, -0.2) is 9.37 Å². The fraction of sp³-hybridized carbons (Fsp3) is 0.368. The van der Waals surface area contributed by atoms with E-state index >= 15 is 0 Å². The Kier molecular flexibility index (Phi) is 5.60. The molecule has 1 saturated heterocycles. The summed E-state index contributed by atoms with van der Waals surface area (Å²) in [4.78, 5) is 22.8. The Morgan fingerprint density at radius 3 is 2.52 bits per heavy atom. The number of benzene rings is 1. The highest BCUT2D eigenvalue weighted by Crippen LogP contribution is 2.13. The van der Waals surface area contributed by atoms with Gasteiger partial charge >= 0.3 is 0 Å². The lowest BCUT2D eigenvalue weighted by Gasteiger charge is -2.36. The largest absolute Gasteiger partial charge is 0.353 e. The third-order valence-corrected chi connectivity index (χ3v) is 4.41. The first-order valence-corrected chi connectivity index (χ1v) is 8.49. The Morgan fingerprint density at radius 2 is 1.84 bits per heavy atom. The van der Waals surface area contributed by atoms with Crippen LogP contribution in [-0.2, 0) is 11.3 Å². The minimum atomic E-state index is -0.231. The van der Waals surface area contributed by atoms with Gasteiger partial charge in [0.25, 0.3) is 0 Å². The van der Waals surface area contributed by atoms with Crippen molar-refractivity contribution in [1.82, 2.24) is 14.8 Å². The Labute approximate surface area is 147 Å². The van der Waals surface area contributed by atoms with Gasteiger partial charge in [0, 0.05) is 44.5 Å². The lowest BCUT2D eigenvalue weighted by Crippen LogP contribution is -2.51. The maximum absolute atomic E-state index is 13.7. The molecule has 25 heavy (non-hydrogen) atoms. The van der Waals surface area contributed by atoms with Gasteiger partial charge in [0.05, 0.1) is 6.54 Å². The summed E-state index contributed by atoms with van der Waals surface area (Å²) in [6.45, 7) is 3.63. The van der Waals surface area contributed by atoms with Crippen molar-refractivity contribution in [3.63, 3.8) is 0 Å². The lowest BCUT2D eigenvalue weighted by molar-refractivity contribution is -0.132. The molecule has 5 nitrogen and oxygen atoms in total. The van der Waals surface area contributed by atoms with Crippen molar-refractivity contribution in [3.05, 3.63) is 60.0 Å². The predicted octanol–water partition coefficient (Wildman–Crippen LogP) is 2.00. The minimum absolute atomic E-state index is 0.0829. The first kappa shape index (κ1) is 17.4. The normalized spacial score (nSPS) is 14.8. The fourth-order valence-electron chi connectivity index (χ4n) is 3.03. The zero-order chi connectivity index (χ0) is 17.6. The van der Waals surface area contributed by atoms with Crippen LogP contribution >= 0.6 is 0 Å². The van der Waals surface area contributed by atoms with Gasteiger partial charge in [-0.2, -0.15) is 0 Å². The Hall–Kier alpha value is -2.47. The van der Waals surface area contributed by atoms with Gasteiger partial charge in [-0.1, -0.05) is 24.3 Å². The maximum Gasteiger partial charge on any atom is 0.236 e. The van der Waals surface area contributed by atoms with Gasteiger partial charge in [0.1, 0.15) is 11.6 Å². The van der Waals surface area contributed by atoms with E-state index < -0.39 is 0 Å². The predicted molar refractivity (Wildman–Crippen MR) is 95.8 cm³/mol. The van der Waals surface area contributed by atoms with Crippen LogP contribution in [-0.4, -0.2) is 60.5 Å². The molecule has 0 saturated carbocycles. The van der Waals surface area contributed by atoms with Crippen LogP contribution in [0.15, 0.2) is 48.7 Å². The van der Waals surface area contributed by atoms with Crippen molar-refractivity contribution in [1.29, 1.82) is 0 Å². The molecule has 6 heteroatoms. The van der Waals surface area contributed by atoms with Crippen LogP contribution in [0.5, 0.6) is 0 Å². The topological polar surface area (TPSA) is 39.7 Å². The summed E-state index contributed by atoms with van der Waals surface area (Å²) in [6, 6.07) is 12.5. The summed E-state index contributed by atoms with van der Waals surface area (Å²) in [5.74, 6) is 0.802. The van der Waals surface area contributed by atoms with Crippen molar-refractivity contribution in [3.8, 4) is 0 Å². The van der Waals surface area contributed by atoms with Crippen LogP contribution in [0.2, 0.25) is 0 Å². The molecule has 1 aromatic heterocycles. The van der Waals surface area contributed by atoms with E-state index in [1.807, 2.05) is 41.1 Å². The Balaban J connectivity index is 1.48. The number of carbonyl (C=O) groups excluding carboxylic acids is 1. The molecule has 2 heterocycles. The van der Waals surface area contributed by atoms with Gasteiger partial charge < -0.3 is 9.80 Å². The summed E-state index contributed by atoms with van der Waals surface area (Å²) in [5.41, 5.74) is 0.609. The van der Waals surface area contributed by atoms with Crippen LogP contribution < -0.4 is 4.90 Å². The number of hydrogen-bond acceptors (Lipinski definition) is 4. The number of amides is 1. The highest BCUT2D eigenvalue weighted by atomic mass is 19.1. The van der Waals surface area contributed by atoms with Gasteiger partial charge in [0.2, 0.25) is 5.91 Å². The molecular weight excluding hydrogens is 319 g/mol. The average molecular weight is 342 g/mol. The number of halogens is 1. The molecule has 1 aliphatic rings. The van der Waals surface area contributed by atoms with Crippen molar-refractivity contribution in [2.45, 2.75) is 6.54 Å². The number of pyridine rings is 1. The number of piperazine rings is 1. The monoisotopic (exact) mass is 342 g/mol. The quantitative estimate of drug-likeness (QED) is 0.833. The fourth-order valence-corrected chi connectivity index (χ4v) is 3.03.